The molecule has 1 amide bonds. The molecule has 2 saturated carbocycles. The monoisotopic (exact) mass is 668 g/mol. The summed E-state index contributed by atoms with van der Waals surface area (Å²) >= 11 is 0. The van der Waals surface area contributed by atoms with E-state index in [0.717, 1.165) is 105 Å². The number of likely N-dealkylation sites (N-methyl/N-ethyl adjacent to an activating group) is 1. The van der Waals surface area contributed by atoms with E-state index in [4.69, 9.17) is 9.97 Å². The van der Waals surface area contributed by atoms with Gasteiger partial charge in [-0.3, -0.25) is 9.69 Å². The maximum atomic E-state index is 12.5. The summed E-state index contributed by atoms with van der Waals surface area (Å²) in [5.74, 6) is 7.97. The molecular weight excluding hydrogens is 621 g/mol. The highest BCUT2D eigenvalue weighted by Gasteiger charge is 2.23. The molecule has 0 atom stereocenters. The number of piperazine rings is 1. The Balaban J connectivity index is 1.02. The smallest absolute Gasteiger partial charge is 0.229 e. The Hall–Kier alpha value is -4.78. The van der Waals surface area contributed by atoms with E-state index < -0.39 is 0 Å². The summed E-state index contributed by atoms with van der Waals surface area (Å²) in [6.07, 6.45) is 13.9. The minimum atomic E-state index is 0.0945. The first-order valence-corrected chi connectivity index (χ1v) is 18.3. The van der Waals surface area contributed by atoms with Crippen LogP contribution in [-0.4, -0.2) is 69.9 Å². The predicted molar refractivity (Wildman–Crippen MR) is 201 cm³/mol. The third kappa shape index (κ3) is 9.06. The molecule has 3 heterocycles. The summed E-state index contributed by atoms with van der Waals surface area (Å²) in [6.45, 7) is 5.45. The third-order valence-electron chi connectivity index (χ3n) is 10.2. The number of aromatic nitrogens is 3. The Morgan fingerprint density at radius 1 is 0.820 bits per heavy atom. The molecular formula is C41H48N8O. The molecule has 7 rings (SSSR count). The quantitative estimate of drug-likeness (QED) is 0.160. The molecule has 2 aromatic heterocycles. The summed E-state index contributed by atoms with van der Waals surface area (Å²) in [7, 11) is 2.20. The summed E-state index contributed by atoms with van der Waals surface area (Å²) in [5, 5.41) is 10.2. The molecule has 9 nitrogen and oxygen atoms in total. The maximum absolute atomic E-state index is 12.5. The zero-order valence-corrected chi connectivity index (χ0v) is 29.1. The van der Waals surface area contributed by atoms with Crippen molar-refractivity contribution in [3.63, 3.8) is 0 Å². The van der Waals surface area contributed by atoms with Crippen LogP contribution in [-0.2, 0) is 11.3 Å². The molecule has 0 unspecified atom stereocenters. The van der Waals surface area contributed by atoms with Gasteiger partial charge in [0.15, 0.2) is 0 Å². The average Bonchev–Trinajstić information content (AvgIpc) is 3.70. The van der Waals surface area contributed by atoms with Gasteiger partial charge in [-0.05, 0) is 86.2 Å². The number of anilines is 4. The standard InChI is InChI=1S/C41H48N8O/c1-48-23-25-49(26-24-48)29-31-11-16-32(17-12-31)38-28-43-41(47-39(38)44-34-9-3-2-4-10-34)46-35-18-13-30(14-19-35)15-20-36-27-37(21-22-42-36)45-40(50)33-7-5-6-8-33/h11-14,16-19,21-22,27-28,33-34H,2-10,23-26,29H2,1H3,(H,42,45,50)(H2,43,44,46,47). The van der Waals surface area contributed by atoms with Crippen LogP contribution in [0.5, 0.6) is 0 Å². The number of carbonyl (C=O) groups is 1. The van der Waals surface area contributed by atoms with Gasteiger partial charge >= 0.3 is 0 Å². The molecule has 50 heavy (non-hydrogen) atoms. The van der Waals surface area contributed by atoms with Gasteiger partial charge in [0.05, 0.1) is 0 Å². The molecule has 2 aliphatic carbocycles. The summed E-state index contributed by atoms with van der Waals surface area (Å²) in [6, 6.07) is 20.9. The minimum absolute atomic E-state index is 0.0945. The first-order chi connectivity index (χ1) is 24.5. The van der Waals surface area contributed by atoms with Gasteiger partial charge in [-0.25, -0.2) is 9.97 Å². The number of nitrogens with zero attached hydrogens (tertiary/aromatic N) is 5. The van der Waals surface area contributed by atoms with Gasteiger partial charge in [-0.15, -0.1) is 0 Å². The van der Waals surface area contributed by atoms with Gasteiger partial charge in [0.25, 0.3) is 0 Å². The highest BCUT2D eigenvalue weighted by atomic mass is 16.1. The Morgan fingerprint density at radius 3 is 2.32 bits per heavy atom. The Labute approximate surface area is 296 Å². The lowest BCUT2D eigenvalue weighted by molar-refractivity contribution is -0.119. The van der Waals surface area contributed by atoms with Gasteiger partial charge in [-0.1, -0.05) is 62.3 Å². The molecule has 3 N–H and O–H groups in total. The highest BCUT2D eigenvalue weighted by molar-refractivity contribution is 5.92. The zero-order valence-electron chi connectivity index (χ0n) is 29.1. The predicted octanol–water partition coefficient (Wildman–Crippen LogP) is 7.30. The molecule has 3 aliphatic rings. The van der Waals surface area contributed by atoms with Crippen molar-refractivity contribution in [1.29, 1.82) is 0 Å². The molecule has 1 aliphatic heterocycles. The fraction of sp³-hybridized carbons (Fsp3) is 0.415. The van der Waals surface area contributed by atoms with Crippen LogP contribution in [0.3, 0.4) is 0 Å². The topological polar surface area (TPSA) is 98.3 Å². The van der Waals surface area contributed by atoms with Gasteiger partial charge in [0, 0.05) is 79.6 Å². The molecule has 0 bridgehead atoms. The van der Waals surface area contributed by atoms with Crippen molar-refractivity contribution in [2.24, 2.45) is 5.92 Å². The number of rotatable bonds is 9. The lowest BCUT2D eigenvalue weighted by Crippen LogP contribution is -2.43. The van der Waals surface area contributed by atoms with Gasteiger partial charge in [-0.2, -0.15) is 4.98 Å². The van der Waals surface area contributed by atoms with Crippen LogP contribution in [0.4, 0.5) is 23.1 Å². The lowest BCUT2D eigenvalue weighted by atomic mass is 9.95. The number of carbonyl (C=O) groups excluding carboxylic acids is 1. The van der Waals surface area contributed by atoms with Gasteiger partial charge in [0.2, 0.25) is 11.9 Å². The normalized spacial score (nSPS) is 17.5. The Kier molecular flexibility index (Phi) is 11.0. The van der Waals surface area contributed by atoms with Crippen molar-refractivity contribution >= 4 is 29.0 Å². The number of amides is 1. The number of pyridine rings is 1. The van der Waals surface area contributed by atoms with Gasteiger partial charge < -0.3 is 20.9 Å². The van der Waals surface area contributed by atoms with Crippen LogP contribution >= 0.6 is 0 Å². The van der Waals surface area contributed by atoms with E-state index in [1.807, 2.05) is 42.6 Å². The van der Waals surface area contributed by atoms with Crippen LogP contribution in [0.1, 0.15) is 74.6 Å². The Morgan fingerprint density at radius 2 is 1.56 bits per heavy atom. The largest absolute Gasteiger partial charge is 0.367 e. The fourth-order valence-corrected chi connectivity index (χ4v) is 7.17. The van der Waals surface area contributed by atoms with E-state index in [1.165, 1.54) is 24.8 Å². The van der Waals surface area contributed by atoms with Crippen LogP contribution < -0.4 is 16.0 Å². The van der Waals surface area contributed by atoms with E-state index in [-0.39, 0.29) is 11.8 Å². The van der Waals surface area contributed by atoms with Crippen molar-refractivity contribution in [2.75, 3.05) is 49.2 Å². The second kappa shape index (κ2) is 16.3. The zero-order chi connectivity index (χ0) is 34.1. The van der Waals surface area contributed by atoms with E-state index in [2.05, 4.69) is 73.9 Å². The molecule has 1 saturated heterocycles. The van der Waals surface area contributed by atoms with E-state index in [1.54, 1.807) is 6.20 Å². The Bertz CT molecular complexity index is 1790. The number of benzene rings is 2. The first kappa shape index (κ1) is 33.7. The van der Waals surface area contributed by atoms with Crippen molar-refractivity contribution in [2.45, 2.75) is 70.4 Å². The highest BCUT2D eigenvalue weighted by Crippen LogP contribution is 2.31. The molecule has 0 radical (unpaired) electrons. The molecule has 2 aromatic carbocycles. The molecule has 9 heteroatoms. The lowest BCUT2D eigenvalue weighted by Gasteiger charge is -2.32. The molecule has 4 aromatic rings. The van der Waals surface area contributed by atoms with Crippen molar-refractivity contribution in [3.05, 3.63) is 89.9 Å². The second-order valence-corrected chi connectivity index (χ2v) is 14.1. The summed E-state index contributed by atoms with van der Waals surface area (Å²) in [4.78, 5) is 31.6. The second-order valence-electron chi connectivity index (χ2n) is 14.1. The van der Waals surface area contributed by atoms with Crippen LogP contribution in [0.15, 0.2) is 73.1 Å². The maximum Gasteiger partial charge on any atom is 0.229 e. The third-order valence-corrected chi connectivity index (χ3v) is 10.2. The molecule has 258 valence electrons. The SMILES string of the molecule is CN1CCN(Cc2ccc(-c3cnc(Nc4ccc(C#Cc5cc(NC(=O)C6CCCC6)ccn5)cc4)nc3NC3CCCCC3)cc2)CC1. The summed E-state index contributed by atoms with van der Waals surface area (Å²) < 4.78 is 0. The van der Waals surface area contributed by atoms with Crippen LogP contribution in [0.25, 0.3) is 11.1 Å². The van der Waals surface area contributed by atoms with Crippen molar-refractivity contribution in [1.82, 2.24) is 24.8 Å². The van der Waals surface area contributed by atoms with Crippen molar-refractivity contribution in [3.8, 4) is 23.0 Å². The average molecular weight is 669 g/mol. The summed E-state index contributed by atoms with van der Waals surface area (Å²) in [5.41, 5.74) is 6.58. The van der Waals surface area contributed by atoms with Crippen LogP contribution in [0, 0.1) is 17.8 Å². The molecule has 3 fully saturated rings. The molecule has 0 spiro atoms. The van der Waals surface area contributed by atoms with E-state index in [0.29, 0.717) is 17.7 Å². The van der Waals surface area contributed by atoms with E-state index in [9.17, 15) is 4.79 Å². The van der Waals surface area contributed by atoms with Gasteiger partial charge in [0.1, 0.15) is 11.5 Å². The number of hydrogen-bond donors (Lipinski definition) is 3. The number of hydrogen-bond acceptors (Lipinski definition) is 8. The minimum Gasteiger partial charge on any atom is -0.367 e. The number of nitrogens with one attached hydrogen (secondary N) is 3. The van der Waals surface area contributed by atoms with E-state index >= 15 is 0 Å². The van der Waals surface area contributed by atoms with Crippen molar-refractivity contribution < 1.29 is 4.79 Å². The van der Waals surface area contributed by atoms with Crippen LogP contribution in [0.2, 0.25) is 0 Å². The fourth-order valence-electron chi connectivity index (χ4n) is 7.17. The first-order valence-electron chi connectivity index (χ1n) is 18.3.